The van der Waals surface area contributed by atoms with Gasteiger partial charge in [-0.2, -0.15) is 0 Å². The van der Waals surface area contributed by atoms with Gasteiger partial charge in [0.25, 0.3) is 0 Å². The van der Waals surface area contributed by atoms with E-state index in [2.05, 4.69) is 11.9 Å². The third kappa shape index (κ3) is 1.79. The van der Waals surface area contributed by atoms with Crippen molar-refractivity contribution in [2.45, 2.75) is 0 Å². The molecule has 2 aromatic rings. The fourth-order valence-electron chi connectivity index (χ4n) is 1.35. The molecule has 0 aliphatic carbocycles. The first kappa shape index (κ1) is 8.88. The maximum Gasteiger partial charge on any atom is 0.101 e. The minimum atomic E-state index is -0.456. The monoisotopic (exact) mass is 186 g/mol. The van der Waals surface area contributed by atoms with Crippen LogP contribution in [-0.2, 0) is 0 Å². The lowest BCUT2D eigenvalue weighted by Crippen LogP contribution is -1.80. The van der Waals surface area contributed by atoms with Crippen LogP contribution in [0.4, 0.5) is 4.39 Å². The van der Waals surface area contributed by atoms with Crippen LogP contribution >= 0.6 is 0 Å². The van der Waals surface area contributed by atoms with Gasteiger partial charge in [-0.1, -0.05) is 18.2 Å². The number of hydrogen-bond donors (Lipinski definition) is 0. The molecule has 0 saturated carbocycles. The summed E-state index contributed by atoms with van der Waals surface area (Å²) < 4.78 is 12.5. The van der Waals surface area contributed by atoms with Crippen LogP contribution in [0.1, 0.15) is 5.56 Å². The predicted octanol–water partition coefficient (Wildman–Crippen LogP) is 3.38. The van der Waals surface area contributed by atoms with Gasteiger partial charge in [0.05, 0.1) is 5.52 Å². The lowest BCUT2D eigenvalue weighted by atomic mass is 10.1. The van der Waals surface area contributed by atoms with Crippen molar-refractivity contribution in [3.63, 3.8) is 0 Å². The Kier molecular flexibility index (Phi) is 2.27. The van der Waals surface area contributed by atoms with Crippen LogP contribution in [0.5, 0.6) is 0 Å². The summed E-state index contributed by atoms with van der Waals surface area (Å²) in [5.41, 5.74) is 1.64. The van der Waals surface area contributed by atoms with E-state index in [-0.39, 0.29) is 0 Å². The zero-order valence-corrected chi connectivity index (χ0v) is 7.57. The summed E-state index contributed by atoms with van der Waals surface area (Å²) in [7, 11) is 0. The normalized spacial score (nSPS) is 12.0. The molecule has 1 aromatic carbocycles. The molecule has 1 nitrogen and oxygen atoms in total. The number of benzene rings is 1. The van der Waals surface area contributed by atoms with E-state index in [4.69, 9.17) is 0 Å². The minimum absolute atomic E-state index is 0.456. The smallest absolute Gasteiger partial charge is 0.101 e. The molecule has 1 radical (unpaired) electrons. The fourth-order valence-corrected chi connectivity index (χ4v) is 1.35. The number of fused-ring (bicyclic) bond motifs is 1. The summed E-state index contributed by atoms with van der Waals surface area (Å²) in [5.74, 6) is -0.456. The maximum absolute atomic E-state index is 12.5. The summed E-state index contributed by atoms with van der Waals surface area (Å²) in [5, 5.41) is 1.00. The van der Waals surface area contributed by atoms with E-state index < -0.39 is 5.83 Å². The molecule has 0 atom stereocenters. The predicted molar refractivity (Wildman–Crippen MR) is 56.2 cm³/mol. The Balaban J connectivity index is 2.57. The van der Waals surface area contributed by atoms with Crippen LogP contribution in [0.15, 0.2) is 42.4 Å². The summed E-state index contributed by atoms with van der Waals surface area (Å²) in [6.45, 7) is 3.18. The molecular formula is C12H9FN. The quantitative estimate of drug-likeness (QED) is 0.665. The zero-order valence-electron chi connectivity index (χ0n) is 7.57. The Morgan fingerprint density at radius 2 is 2.14 bits per heavy atom. The van der Waals surface area contributed by atoms with Crippen molar-refractivity contribution >= 4 is 17.0 Å². The van der Waals surface area contributed by atoms with E-state index in [9.17, 15) is 4.39 Å². The van der Waals surface area contributed by atoms with Crippen molar-refractivity contribution in [1.29, 1.82) is 0 Å². The average molecular weight is 186 g/mol. The van der Waals surface area contributed by atoms with Crippen LogP contribution in [0.2, 0.25) is 0 Å². The van der Waals surface area contributed by atoms with Gasteiger partial charge < -0.3 is 0 Å². The van der Waals surface area contributed by atoms with E-state index >= 15 is 0 Å². The third-order valence-electron chi connectivity index (χ3n) is 1.93. The number of allylic oxidation sites excluding steroid dienone is 1. The molecule has 2 heteroatoms. The molecule has 0 aliphatic rings. The van der Waals surface area contributed by atoms with E-state index in [1.165, 1.54) is 6.08 Å². The maximum atomic E-state index is 12.5. The van der Waals surface area contributed by atoms with Crippen LogP contribution in [0.3, 0.4) is 0 Å². The molecule has 0 N–H and O–H groups in total. The average Bonchev–Trinajstić information content (AvgIpc) is 2.17. The summed E-state index contributed by atoms with van der Waals surface area (Å²) in [6.07, 6.45) is 2.99. The van der Waals surface area contributed by atoms with Crippen molar-refractivity contribution < 1.29 is 4.39 Å². The topological polar surface area (TPSA) is 12.9 Å². The molecule has 69 valence electrons. The van der Waals surface area contributed by atoms with Gasteiger partial charge in [0.1, 0.15) is 5.83 Å². The second-order valence-corrected chi connectivity index (χ2v) is 3.05. The molecule has 0 fully saturated rings. The standard InChI is InChI=1S/C12H9FN/c1-9(13)6-10-7-11-4-2-3-5-12(11)14-8-10/h2-8H,1H2/b9-6+. The first-order chi connectivity index (χ1) is 6.75. The van der Waals surface area contributed by atoms with Crippen LogP contribution in [0.25, 0.3) is 17.0 Å². The Morgan fingerprint density at radius 1 is 1.36 bits per heavy atom. The number of aromatic nitrogens is 1. The van der Waals surface area contributed by atoms with Gasteiger partial charge >= 0.3 is 0 Å². The summed E-state index contributed by atoms with van der Waals surface area (Å²) in [6, 6.07) is 9.60. The third-order valence-corrected chi connectivity index (χ3v) is 1.93. The SMILES string of the molecule is [CH2]/C(F)=C\c1cnc2ccccc2c1. The number of hydrogen-bond acceptors (Lipinski definition) is 1. The van der Waals surface area contributed by atoms with Crippen molar-refractivity contribution in [3.05, 3.63) is 54.8 Å². The highest BCUT2D eigenvalue weighted by atomic mass is 19.1. The highest BCUT2D eigenvalue weighted by Gasteiger charge is 1.95. The molecule has 1 heterocycles. The molecule has 2 rings (SSSR count). The molecule has 14 heavy (non-hydrogen) atoms. The number of para-hydroxylation sites is 1. The van der Waals surface area contributed by atoms with Gasteiger partial charge in [0, 0.05) is 18.5 Å². The molecule has 0 amide bonds. The number of pyridine rings is 1. The van der Waals surface area contributed by atoms with Crippen LogP contribution < -0.4 is 0 Å². The fraction of sp³-hybridized carbons (Fsp3) is 0. The van der Waals surface area contributed by atoms with Crippen LogP contribution in [-0.4, -0.2) is 4.98 Å². The number of nitrogens with zero attached hydrogens (tertiary/aromatic N) is 1. The Labute approximate surface area is 81.9 Å². The van der Waals surface area contributed by atoms with Gasteiger partial charge in [-0.25, -0.2) is 4.39 Å². The molecule has 0 bridgehead atoms. The Bertz CT molecular complexity index is 484. The Hall–Kier alpha value is -1.70. The number of halogens is 1. The highest BCUT2D eigenvalue weighted by molar-refractivity contribution is 5.80. The second-order valence-electron chi connectivity index (χ2n) is 3.05. The van der Waals surface area contributed by atoms with E-state index in [0.717, 1.165) is 16.5 Å². The van der Waals surface area contributed by atoms with Gasteiger partial charge in [-0.3, -0.25) is 4.98 Å². The van der Waals surface area contributed by atoms with E-state index in [1.54, 1.807) is 6.20 Å². The molecule has 0 spiro atoms. The molecule has 0 saturated heterocycles. The van der Waals surface area contributed by atoms with Crippen molar-refractivity contribution in [2.24, 2.45) is 0 Å². The van der Waals surface area contributed by atoms with Crippen molar-refractivity contribution in [3.8, 4) is 0 Å². The first-order valence-corrected chi connectivity index (χ1v) is 4.30. The second kappa shape index (κ2) is 3.58. The van der Waals surface area contributed by atoms with E-state index in [0.29, 0.717) is 0 Å². The molecular weight excluding hydrogens is 177 g/mol. The minimum Gasteiger partial charge on any atom is -0.256 e. The van der Waals surface area contributed by atoms with E-state index in [1.807, 2.05) is 30.3 Å². The van der Waals surface area contributed by atoms with Crippen molar-refractivity contribution in [2.75, 3.05) is 0 Å². The summed E-state index contributed by atoms with van der Waals surface area (Å²) in [4.78, 5) is 4.20. The highest BCUT2D eigenvalue weighted by Crippen LogP contribution is 2.14. The molecule has 0 aliphatic heterocycles. The zero-order chi connectivity index (χ0) is 9.97. The van der Waals surface area contributed by atoms with Gasteiger partial charge in [-0.15, -0.1) is 0 Å². The lowest BCUT2D eigenvalue weighted by molar-refractivity contribution is 0.673. The first-order valence-electron chi connectivity index (χ1n) is 4.30. The van der Waals surface area contributed by atoms with Crippen LogP contribution in [0, 0.1) is 6.92 Å². The Morgan fingerprint density at radius 3 is 2.93 bits per heavy atom. The largest absolute Gasteiger partial charge is 0.256 e. The molecule has 1 aromatic heterocycles. The summed E-state index contributed by atoms with van der Waals surface area (Å²) >= 11 is 0. The lowest BCUT2D eigenvalue weighted by Gasteiger charge is -1.97. The van der Waals surface area contributed by atoms with Gasteiger partial charge in [0.15, 0.2) is 0 Å². The number of rotatable bonds is 1. The van der Waals surface area contributed by atoms with Crippen molar-refractivity contribution in [1.82, 2.24) is 4.98 Å². The van der Waals surface area contributed by atoms with Gasteiger partial charge in [-0.05, 0) is 23.8 Å². The van der Waals surface area contributed by atoms with Gasteiger partial charge in [0.2, 0.25) is 0 Å². The molecule has 0 unspecified atom stereocenters.